The van der Waals surface area contributed by atoms with Crippen molar-refractivity contribution in [1.29, 1.82) is 0 Å². The van der Waals surface area contributed by atoms with Crippen LogP contribution in [0, 0.1) is 17.3 Å². The Kier molecular flexibility index (Phi) is 2.57. The van der Waals surface area contributed by atoms with Gasteiger partial charge in [0.25, 0.3) is 0 Å². The lowest BCUT2D eigenvalue weighted by Crippen LogP contribution is -2.47. The Hall–Kier alpha value is -0.860. The van der Waals surface area contributed by atoms with Gasteiger partial charge >= 0.3 is 0 Å². The van der Waals surface area contributed by atoms with Gasteiger partial charge in [-0.05, 0) is 36.5 Å². The van der Waals surface area contributed by atoms with Crippen LogP contribution >= 0.6 is 0 Å². The second kappa shape index (κ2) is 3.62. The Morgan fingerprint density at radius 1 is 1.07 bits per heavy atom. The number of amides is 2. The average Bonchev–Trinajstić information content (AvgIpc) is 1.96. The number of piperidine rings is 1. The topological polar surface area (TPSA) is 46.2 Å². The van der Waals surface area contributed by atoms with Gasteiger partial charge in [-0.1, -0.05) is 13.8 Å². The molecule has 0 unspecified atom stereocenters. The van der Waals surface area contributed by atoms with E-state index in [0.29, 0.717) is 24.7 Å². The van der Waals surface area contributed by atoms with Gasteiger partial charge in [-0.2, -0.15) is 0 Å². The second-order valence-electron chi connectivity index (χ2n) is 5.68. The molecule has 15 heavy (non-hydrogen) atoms. The molecule has 1 saturated carbocycles. The van der Waals surface area contributed by atoms with Crippen LogP contribution < -0.4 is 5.32 Å². The summed E-state index contributed by atoms with van der Waals surface area (Å²) in [6, 6.07) is 0. The molecule has 0 aromatic carbocycles. The predicted octanol–water partition coefficient (Wildman–Crippen LogP) is 1.87. The van der Waals surface area contributed by atoms with Gasteiger partial charge in [-0.15, -0.1) is 0 Å². The van der Waals surface area contributed by atoms with E-state index >= 15 is 0 Å². The minimum absolute atomic E-state index is 0.0174. The molecule has 0 aromatic rings. The highest BCUT2D eigenvalue weighted by atomic mass is 16.2. The minimum atomic E-state index is -0.0763. The number of hydrogen-bond donors (Lipinski definition) is 1. The first-order valence-electron chi connectivity index (χ1n) is 5.82. The first-order chi connectivity index (χ1) is 6.99. The summed E-state index contributed by atoms with van der Waals surface area (Å²) in [5.41, 5.74) is -0.0174. The Morgan fingerprint density at radius 2 is 1.53 bits per heavy atom. The Labute approximate surface area is 90.6 Å². The third kappa shape index (κ3) is 2.21. The van der Waals surface area contributed by atoms with Crippen molar-refractivity contribution in [2.24, 2.45) is 17.3 Å². The molecule has 2 amide bonds. The quantitative estimate of drug-likeness (QED) is 0.619. The van der Waals surface area contributed by atoms with Gasteiger partial charge < -0.3 is 0 Å². The van der Waals surface area contributed by atoms with Crippen molar-refractivity contribution in [3.63, 3.8) is 0 Å². The van der Waals surface area contributed by atoms with Crippen LogP contribution in [0.4, 0.5) is 0 Å². The average molecular weight is 209 g/mol. The molecule has 0 radical (unpaired) electrons. The maximum Gasteiger partial charge on any atom is 0.227 e. The largest absolute Gasteiger partial charge is 0.296 e. The molecular formula is C12H19NO2. The monoisotopic (exact) mass is 209 g/mol. The lowest BCUT2D eigenvalue weighted by molar-refractivity contribution is -0.140. The molecule has 1 saturated heterocycles. The number of carbonyl (C=O) groups is 2. The molecule has 3 nitrogen and oxygen atoms in total. The van der Waals surface area contributed by atoms with E-state index in [-0.39, 0.29) is 17.2 Å². The van der Waals surface area contributed by atoms with Crippen LogP contribution in [0.25, 0.3) is 0 Å². The minimum Gasteiger partial charge on any atom is -0.296 e. The normalized spacial score (nSPS) is 35.3. The maximum atomic E-state index is 11.4. The van der Waals surface area contributed by atoms with E-state index in [1.807, 2.05) is 0 Å². The molecule has 1 spiro atoms. The van der Waals surface area contributed by atoms with Crippen LogP contribution in [0.5, 0.6) is 0 Å². The zero-order chi connectivity index (χ0) is 11.1. The summed E-state index contributed by atoms with van der Waals surface area (Å²) in [5.74, 6) is 1.14. The van der Waals surface area contributed by atoms with Crippen molar-refractivity contribution < 1.29 is 9.59 Å². The van der Waals surface area contributed by atoms with Gasteiger partial charge in [0.2, 0.25) is 11.8 Å². The third-order valence-electron chi connectivity index (χ3n) is 3.72. The van der Waals surface area contributed by atoms with Crippen LogP contribution in [0.3, 0.4) is 0 Å². The molecule has 1 aliphatic heterocycles. The van der Waals surface area contributed by atoms with Crippen LogP contribution in [-0.2, 0) is 9.59 Å². The molecule has 84 valence electrons. The highest BCUT2D eigenvalue weighted by molar-refractivity contribution is 5.98. The first-order valence-corrected chi connectivity index (χ1v) is 5.82. The fraction of sp³-hybridized carbons (Fsp3) is 0.833. The van der Waals surface area contributed by atoms with Crippen molar-refractivity contribution in [3.8, 4) is 0 Å². The lowest BCUT2D eigenvalue weighted by atomic mass is 9.62. The van der Waals surface area contributed by atoms with Crippen molar-refractivity contribution in [3.05, 3.63) is 0 Å². The van der Waals surface area contributed by atoms with E-state index in [1.54, 1.807) is 0 Å². The predicted molar refractivity (Wildman–Crippen MR) is 57.0 cm³/mol. The summed E-state index contributed by atoms with van der Waals surface area (Å²) < 4.78 is 0. The van der Waals surface area contributed by atoms with Crippen molar-refractivity contribution in [2.75, 3.05) is 0 Å². The number of rotatable bonds is 0. The highest BCUT2D eigenvalue weighted by Crippen LogP contribution is 2.48. The molecule has 2 fully saturated rings. The molecule has 3 heteroatoms. The molecule has 2 rings (SSSR count). The molecule has 0 bridgehead atoms. The number of carbonyl (C=O) groups excluding carboxylic acids is 2. The molecule has 0 aromatic heterocycles. The Balaban J connectivity index is 2.16. The van der Waals surface area contributed by atoms with Crippen LogP contribution in [-0.4, -0.2) is 11.8 Å². The van der Waals surface area contributed by atoms with Crippen molar-refractivity contribution >= 4 is 11.8 Å². The van der Waals surface area contributed by atoms with Gasteiger partial charge in [0, 0.05) is 12.8 Å². The summed E-state index contributed by atoms with van der Waals surface area (Å²) in [7, 11) is 0. The number of imide groups is 1. The molecule has 2 aliphatic rings. The van der Waals surface area contributed by atoms with Crippen molar-refractivity contribution in [2.45, 2.75) is 46.0 Å². The fourth-order valence-corrected chi connectivity index (χ4v) is 3.69. The van der Waals surface area contributed by atoms with E-state index in [0.717, 1.165) is 12.8 Å². The molecule has 1 heterocycles. The van der Waals surface area contributed by atoms with Crippen molar-refractivity contribution in [1.82, 2.24) is 5.32 Å². The fourth-order valence-electron chi connectivity index (χ4n) is 3.69. The van der Waals surface area contributed by atoms with Crippen LogP contribution in [0.1, 0.15) is 46.0 Å². The van der Waals surface area contributed by atoms with Gasteiger partial charge in [-0.25, -0.2) is 0 Å². The van der Waals surface area contributed by atoms with Gasteiger partial charge in [0.05, 0.1) is 0 Å². The summed E-state index contributed by atoms with van der Waals surface area (Å²) in [6.45, 7) is 4.46. The zero-order valence-corrected chi connectivity index (χ0v) is 9.51. The number of nitrogens with one attached hydrogen (secondary N) is 1. The standard InChI is InChI=1S/C12H19NO2/c1-8-3-9(2)5-12(4-8)6-10(14)13-11(15)7-12/h8-9H,3-7H2,1-2H3,(H,13,14,15)/t8-,9+. The Bertz CT molecular complexity index is 270. The third-order valence-corrected chi connectivity index (χ3v) is 3.72. The van der Waals surface area contributed by atoms with Gasteiger partial charge in [-0.3, -0.25) is 14.9 Å². The van der Waals surface area contributed by atoms with Crippen LogP contribution in [0.2, 0.25) is 0 Å². The molecule has 1 aliphatic carbocycles. The Morgan fingerprint density at radius 3 is 2.00 bits per heavy atom. The summed E-state index contributed by atoms with van der Waals surface area (Å²) in [4.78, 5) is 22.9. The molecular weight excluding hydrogens is 190 g/mol. The summed E-state index contributed by atoms with van der Waals surface area (Å²) in [6.07, 6.45) is 4.41. The van der Waals surface area contributed by atoms with E-state index in [1.165, 1.54) is 6.42 Å². The SMILES string of the molecule is C[C@@H]1C[C@H](C)CC2(CC(=O)NC(=O)C2)C1. The van der Waals surface area contributed by atoms with Crippen LogP contribution in [0.15, 0.2) is 0 Å². The van der Waals surface area contributed by atoms with E-state index < -0.39 is 0 Å². The van der Waals surface area contributed by atoms with E-state index in [4.69, 9.17) is 0 Å². The first kappa shape index (κ1) is 10.7. The zero-order valence-electron chi connectivity index (χ0n) is 9.51. The molecule has 2 atom stereocenters. The summed E-state index contributed by atoms with van der Waals surface area (Å²) >= 11 is 0. The van der Waals surface area contributed by atoms with Gasteiger partial charge in [0.15, 0.2) is 0 Å². The van der Waals surface area contributed by atoms with E-state index in [2.05, 4.69) is 19.2 Å². The molecule has 1 N–H and O–H groups in total. The highest BCUT2D eigenvalue weighted by Gasteiger charge is 2.43. The number of hydrogen-bond acceptors (Lipinski definition) is 2. The smallest absolute Gasteiger partial charge is 0.227 e. The summed E-state index contributed by atoms with van der Waals surface area (Å²) in [5, 5.41) is 2.40. The second-order valence-corrected chi connectivity index (χ2v) is 5.68. The van der Waals surface area contributed by atoms with Gasteiger partial charge in [0.1, 0.15) is 0 Å². The maximum absolute atomic E-state index is 11.4. The van der Waals surface area contributed by atoms with E-state index in [9.17, 15) is 9.59 Å². The lowest BCUT2D eigenvalue weighted by Gasteiger charge is -2.44.